The first kappa shape index (κ1) is 18.3. The van der Waals surface area contributed by atoms with Crippen molar-refractivity contribution in [1.82, 2.24) is 5.32 Å². The third kappa shape index (κ3) is 5.80. The van der Waals surface area contributed by atoms with E-state index in [0.717, 1.165) is 12.0 Å². The number of ether oxygens (including phenoxy) is 1. The minimum absolute atomic E-state index is 0.0364. The van der Waals surface area contributed by atoms with Crippen LogP contribution in [0, 0.1) is 0 Å². The van der Waals surface area contributed by atoms with Crippen LogP contribution in [-0.4, -0.2) is 30.9 Å². The molecule has 0 aliphatic carbocycles. The summed E-state index contributed by atoms with van der Waals surface area (Å²) in [6.45, 7) is 1.71. The molecule has 0 radical (unpaired) electrons. The van der Waals surface area contributed by atoms with E-state index in [0.29, 0.717) is 5.69 Å². The Bertz CT molecular complexity index is 725. The number of anilines is 1. The van der Waals surface area contributed by atoms with E-state index >= 15 is 0 Å². The lowest BCUT2D eigenvalue weighted by Gasteiger charge is -2.10. The Labute approximate surface area is 145 Å². The molecule has 0 saturated heterocycles. The van der Waals surface area contributed by atoms with Crippen molar-refractivity contribution in [2.45, 2.75) is 19.8 Å². The van der Waals surface area contributed by atoms with Crippen molar-refractivity contribution in [2.24, 2.45) is 0 Å². The molecule has 2 aromatic rings. The van der Waals surface area contributed by atoms with Gasteiger partial charge in [-0.05, 0) is 30.2 Å². The van der Waals surface area contributed by atoms with E-state index in [1.165, 1.54) is 12.3 Å². The Kier molecular flexibility index (Phi) is 6.76. The standard InChI is InChI=1S/C18H20N2O5/c1-2-13-6-3-4-7-14(13)20-16(21)12-25-17(22)9-10-19-18(23)15-8-5-11-24-15/h3-8,11H,2,9-10,12H2,1H3,(H,19,23)(H,20,21). The van der Waals surface area contributed by atoms with Crippen LogP contribution in [0.3, 0.4) is 0 Å². The van der Waals surface area contributed by atoms with Gasteiger partial charge in [-0.3, -0.25) is 14.4 Å². The molecular weight excluding hydrogens is 324 g/mol. The summed E-state index contributed by atoms with van der Waals surface area (Å²) in [5.74, 6) is -1.22. The smallest absolute Gasteiger partial charge is 0.308 e. The van der Waals surface area contributed by atoms with Gasteiger partial charge in [0.15, 0.2) is 12.4 Å². The molecule has 7 nitrogen and oxygen atoms in total. The first-order chi connectivity index (χ1) is 12.1. The van der Waals surface area contributed by atoms with E-state index in [1.54, 1.807) is 12.1 Å². The fourth-order valence-corrected chi connectivity index (χ4v) is 2.13. The molecule has 25 heavy (non-hydrogen) atoms. The number of carbonyl (C=O) groups excluding carboxylic acids is 3. The van der Waals surface area contributed by atoms with Crippen LogP contribution in [0.5, 0.6) is 0 Å². The third-order valence-corrected chi connectivity index (χ3v) is 3.40. The van der Waals surface area contributed by atoms with Crippen molar-refractivity contribution in [1.29, 1.82) is 0 Å². The van der Waals surface area contributed by atoms with Gasteiger partial charge in [0, 0.05) is 12.2 Å². The molecule has 132 valence electrons. The van der Waals surface area contributed by atoms with Crippen molar-refractivity contribution in [3.63, 3.8) is 0 Å². The summed E-state index contributed by atoms with van der Waals surface area (Å²) in [6.07, 6.45) is 2.13. The minimum Gasteiger partial charge on any atom is -0.459 e. The summed E-state index contributed by atoms with van der Waals surface area (Å²) < 4.78 is 9.82. The molecule has 0 spiro atoms. The van der Waals surface area contributed by atoms with Crippen LogP contribution in [-0.2, 0) is 20.7 Å². The van der Waals surface area contributed by atoms with E-state index in [-0.39, 0.29) is 25.3 Å². The van der Waals surface area contributed by atoms with E-state index < -0.39 is 17.8 Å². The maximum Gasteiger partial charge on any atom is 0.308 e. The van der Waals surface area contributed by atoms with Gasteiger partial charge in [-0.15, -0.1) is 0 Å². The second-order valence-corrected chi connectivity index (χ2v) is 5.20. The van der Waals surface area contributed by atoms with E-state index in [9.17, 15) is 14.4 Å². The number of benzene rings is 1. The minimum atomic E-state index is -0.571. The van der Waals surface area contributed by atoms with Gasteiger partial charge in [0.05, 0.1) is 12.7 Å². The molecular formula is C18H20N2O5. The van der Waals surface area contributed by atoms with Gasteiger partial charge in [0.2, 0.25) is 0 Å². The van der Waals surface area contributed by atoms with Crippen molar-refractivity contribution in [3.05, 3.63) is 54.0 Å². The Morgan fingerprint density at radius 2 is 1.92 bits per heavy atom. The van der Waals surface area contributed by atoms with Gasteiger partial charge in [0.1, 0.15) is 0 Å². The molecule has 0 unspecified atom stereocenters. The largest absolute Gasteiger partial charge is 0.459 e. The molecule has 0 aliphatic heterocycles. The number of hydrogen-bond acceptors (Lipinski definition) is 5. The van der Waals surface area contributed by atoms with E-state index in [1.807, 2.05) is 25.1 Å². The maximum absolute atomic E-state index is 11.9. The maximum atomic E-state index is 11.9. The summed E-state index contributed by atoms with van der Waals surface area (Å²) in [5.41, 5.74) is 1.71. The molecule has 1 heterocycles. The van der Waals surface area contributed by atoms with Crippen molar-refractivity contribution < 1.29 is 23.5 Å². The number of nitrogens with one attached hydrogen (secondary N) is 2. The van der Waals surface area contributed by atoms with Gasteiger partial charge in [-0.25, -0.2) is 0 Å². The van der Waals surface area contributed by atoms with Crippen LogP contribution in [0.2, 0.25) is 0 Å². The second kappa shape index (κ2) is 9.27. The summed E-state index contributed by atoms with van der Waals surface area (Å²) in [4.78, 5) is 35.1. The van der Waals surface area contributed by atoms with Crippen LogP contribution in [0.1, 0.15) is 29.5 Å². The molecule has 7 heteroatoms. The number of aryl methyl sites for hydroxylation is 1. The number of furan rings is 1. The van der Waals surface area contributed by atoms with Gasteiger partial charge < -0.3 is 19.8 Å². The molecule has 0 aliphatic rings. The van der Waals surface area contributed by atoms with Crippen LogP contribution < -0.4 is 10.6 Å². The fraction of sp³-hybridized carbons (Fsp3) is 0.278. The molecule has 1 aromatic heterocycles. The zero-order valence-corrected chi connectivity index (χ0v) is 13.9. The lowest BCUT2D eigenvalue weighted by molar-refractivity contribution is -0.147. The van der Waals surface area contributed by atoms with Gasteiger partial charge >= 0.3 is 5.97 Å². The summed E-state index contributed by atoms with van der Waals surface area (Å²) in [5, 5.41) is 5.24. The zero-order valence-electron chi connectivity index (χ0n) is 13.9. The summed E-state index contributed by atoms with van der Waals surface area (Å²) >= 11 is 0. The van der Waals surface area contributed by atoms with Crippen molar-refractivity contribution in [2.75, 3.05) is 18.5 Å². The van der Waals surface area contributed by atoms with Crippen molar-refractivity contribution in [3.8, 4) is 0 Å². The number of para-hydroxylation sites is 1. The normalized spacial score (nSPS) is 10.1. The zero-order chi connectivity index (χ0) is 18.1. The SMILES string of the molecule is CCc1ccccc1NC(=O)COC(=O)CCNC(=O)c1ccco1. The van der Waals surface area contributed by atoms with Gasteiger partial charge in [-0.1, -0.05) is 25.1 Å². The topological polar surface area (TPSA) is 97.6 Å². The van der Waals surface area contributed by atoms with E-state index in [4.69, 9.17) is 9.15 Å². The predicted octanol–water partition coefficient (Wildman–Crippen LogP) is 2.14. The Morgan fingerprint density at radius 1 is 1.12 bits per heavy atom. The highest BCUT2D eigenvalue weighted by Gasteiger charge is 2.11. The average molecular weight is 344 g/mol. The highest BCUT2D eigenvalue weighted by Crippen LogP contribution is 2.15. The average Bonchev–Trinajstić information content (AvgIpc) is 3.15. The van der Waals surface area contributed by atoms with E-state index in [2.05, 4.69) is 10.6 Å². The van der Waals surface area contributed by atoms with Crippen LogP contribution in [0.25, 0.3) is 0 Å². The Hall–Kier alpha value is -3.09. The van der Waals surface area contributed by atoms with Crippen LogP contribution in [0.15, 0.2) is 47.1 Å². The van der Waals surface area contributed by atoms with Gasteiger partial charge in [0.25, 0.3) is 11.8 Å². The lowest BCUT2D eigenvalue weighted by Crippen LogP contribution is -2.27. The van der Waals surface area contributed by atoms with Crippen LogP contribution >= 0.6 is 0 Å². The first-order valence-corrected chi connectivity index (χ1v) is 7.95. The fourth-order valence-electron chi connectivity index (χ4n) is 2.13. The molecule has 0 atom stereocenters. The number of esters is 1. The molecule has 2 N–H and O–H groups in total. The number of rotatable bonds is 8. The van der Waals surface area contributed by atoms with Crippen molar-refractivity contribution >= 4 is 23.5 Å². The summed E-state index contributed by atoms with van der Waals surface area (Å²) in [6, 6.07) is 10.5. The lowest BCUT2D eigenvalue weighted by atomic mass is 10.1. The highest BCUT2D eigenvalue weighted by atomic mass is 16.5. The molecule has 1 aromatic carbocycles. The second-order valence-electron chi connectivity index (χ2n) is 5.20. The van der Waals surface area contributed by atoms with Gasteiger partial charge in [-0.2, -0.15) is 0 Å². The molecule has 0 saturated carbocycles. The molecule has 2 amide bonds. The number of carbonyl (C=O) groups is 3. The van der Waals surface area contributed by atoms with Crippen LogP contribution in [0.4, 0.5) is 5.69 Å². The first-order valence-electron chi connectivity index (χ1n) is 7.95. The Balaban J connectivity index is 1.67. The number of amides is 2. The summed E-state index contributed by atoms with van der Waals surface area (Å²) in [7, 11) is 0. The predicted molar refractivity (Wildman–Crippen MR) is 91.1 cm³/mol. The number of hydrogen-bond donors (Lipinski definition) is 2. The molecule has 0 fully saturated rings. The monoisotopic (exact) mass is 344 g/mol. The molecule has 2 rings (SSSR count). The Morgan fingerprint density at radius 3 is 2.64 bits per heavy atom. The third-order valence-electron chi connectivity index (χ3n) is 3.40. The highest BCUT2D eigenvalue weighted by molar-refractivity contribution is 5.93. The quantitative estimate of drug-likeness (QED) is 0.715. The molecule has 0 bridgehead atoms.